The molecule has 0 heterocycles. The van der Waals surface area contributed by atoms with Crippen LogP contribution in [0.4, 0.5) is 0 Å². The fraction of sp³-hybridized carbons (Fsp3) is 1.00. The van der Waals surface area contributed by atoms with Crippen LogP contribution in [-0.4, -0.2) is 26.3 Å². The molecule has 0 aliphatic rings. The highest BCUT2D eigenvalue weighted by Gasteiger charge is 1.95. The van der Waals surface area contributed by atoms with Gasteiger partial charge in [0, 0.05) is 13.2 Å². The quantitative estimate of drug-likeness (QED) is 0.122. The molecular formula is C29H61NO. The number of nitrogens with one attached hydrogen (secondary N) is 1. The van der Waals surface area contributed by atoms with Crippen LogP contribution in [0.15, 0.2) is 0 Å². The summed E-state index contributed by atoms with van der Waals surface area (Å²) >= 11 is 0. The molecule has 0 fully saturated rings. The van der Waals surface area contributed by atoms with Crippen LogP contribution in [0.3, 0.4) is 0 Å². The van der Waals surface area contributed by atoms with Gasteiger partial charge in [-0.1, -0.05) is 142 Å². The minimum atomic E-state index is 0.933. The summed E-state index contributed by atoms with van der Waals surface area (Å²) in [5.74, 6) is 0. The van der Waals surface area contributed by atoms with Crippen molar-refractivity contribution in [3.63, 3.8) is 0 Å². The second kappa shape index (κ2) is 29.9. The first-order valence-corrected chi connectivity index (χ1v) is 14.7. The van der Waals surface area contributed by atoms with Gasteiger partial charge in [-0.3, -0.25) is 0 Å². The largest absolute Gasteiger partial charge is 0.381 e. The zero-order chi connectivity index (χ0) is 22.5. The Hall–Kier alpha value is -0.0800. The molecule has 0 amide bonds. The lowest BCUT2D eigenvalue weighted by molar-refractivity contribution is 0.127. The SMILES string of the molecule is CCCCCCCCCCCCCCNCCCOCCCCCCCCCCCC. The molecule has 31 heavy (non-hydrogen) atoms. The summed E-state index contributed by atoms with van der Waals surface area (Å²) in [4.78, 5) is 0. The van der Waals surface area contributed by atoms with Crippen LogP contribution in [0.1, 0.15) is 162 Å². The molecule has 0 aromatic heterocycles. The molecule has 1 N–H and O–H groups in total. The van der Waals surface area contributed by atoms with Crippen LogP contribution in [0.25, 0.3) is 0 Å². The second-order valence-electron chi connectivity index (χ2n) is 9.79. The Bertz CT molecular complexity index is 266. The number of hydrogen-bond acceptors (Lipinski definition) is 2. The smallest absolute Gasteiger partial charge is 0.0478 e. The maximum Gasteiger partial charge on any atom is 0.0478 e. The highest BCUT2D eigenvalue weighted by atomic mass is 16.5. The molecule has 0 spiro atoms. The minimum absolute atomic E-state index is 0.933. The normalized spacial score (nSPS) is 11.4. The number of ether oxygens (including phenoxy) is 1. The van der Waals surface area contributed by atoms with Gasteiger partial charge in [-0.15, -0.1) is 0 Å². The molecule has 0 aliphatic heterocycles. The average molecular weight is 440 g/mol. The molecule has 0 saturated heterocycles. The topological polar surface area (TPSA) is 21.3 Å². The van der Waals surface area contributed by atoms with E-state index in [0.29, 0.717) is 0 Å². The summed E-state index contributed by atoms with van der Waals surface area (Å²) in [7, 11) is 0. The fourth-order valence-electron chi connectivity index (χ4n) is 4.31. The Kier molecular flexibility index (Phi) is 29.8. The van der Waals surface area contributed by atoms with Crippen LogP contribution in [0, 0.1) is 0 Å². The van der Waals surface area contributed by atoms with Crippen molar-refractivity contribution in [3.05, 3.63) is 0 Å². The van der Waals surface area contributed by atoms with Gasteiger partial charge in [-0.05, 0) is 32.4 Å². The van der Waals surface area contributed by atoms with Gasteiger partial charge in [-0.2, -0.15) is 0 Å². The fourth-order valence-corrected chi connectivity index (χ4v) is 4.31. The zero-order valence-corrected chi connectivity index (χ0v) is 22.0. The zero-order valence-electron chi connectivity index (χ0n) is 22.0. The number of unbranched alkanes of at least 4 members (excludes halogenated alkanes) is 20. The van der Waals surface area contributed by atoms with Crippen LogP contribution in [-0.2, 0) is 4.74 Å². The summed E-state index contributed by atoms with van der Waals surface area (Å²) in [6, 6.07) is 0. The van der Waals surface area contributed by atoms with Crippen molar-refractivity contribution in [2.75, 3.05) is 26.3 Å². The summed E-state index contributed by atoms with van der Waals surface area (Å²) in [6.07, 6.45) is 32.3. The van der Waals surface area contributed by atoms with Crippen molar-refractivity contribution in [2.45, 2.75) is 162 Å². The van der Waals surface area contributed by atoms with Gasteiger partial charge < -0.3 is 10.1 Å². The highest BCUT2D eigenvalue weighted by molar-refractivity contribution is 4.52. The summed E-state index contributed by atoms with van der Waals surface area (Å²) in [5.41, 5.74) is 0. The third-order valence-electron chi connectivity index (χ3n) is 6.49. The van der Waals surface area contributed by atoms with Gasteiger partial charge in [0.15, 0.2) is 0 Å². The maximum absolute atomic E-state index is 5.78. The molecule has 2 nitrogen and oxygen atoms in total. The van der Waals surface area contributed by atoms with Gasteiger partial charge in [0.05, 0.1) is 0 Å². The molecular weight excluding hydrogens is 378 g/mol. The lowest BCUT2D eigenvalue weighted by atomic mass is 10.1. The van der Waals surface area contributed by atoms with E-state index in [-0.39, 0.29) is 0 Å². The van der Waals surface area contributed by atoms with Crippen molar-refractivity contribution >= 4 is 0 Å². The molecule has 2 heteroatoms. The van der Waals surface area contributed by atoms with Gasteiger partial charge in [0.25, 0.3) is 0 Å². The Morgan fingerprint density at radius 1 is 0.355 bits per heavy atom. The molecule has 0 bridgehead atoms. The van der Waals surface area contributed by atoms with Crippen molar-refractivity contribution in [1.82, 2.24) is 5.32 Å². The minimum Gasteiger partial charge on any atom is -0.381 e. The highest BCUT2D eigenvalue weighted by Crippen LogP contribution is 2.12. The summed E-state index contributed by atoms with van der Waals surface area (Å²) in [5, 5.41) is 3.58. The number of rotatable bonds is 28. The predicted octanol–water partition coefficient (Wildman–Crippen LogP) is 9.60. The third-order valence-corrected chi connectivity index (χ3v) is 6.49. The van der Waals surface area contributed by atoms with Crippen molar-refractivity contribution in [1.29, 1.82) is 0 Å². The van der Waals surface area contributed by atoms with Crippen LogP contribution in [0.2, 0.25) is 0 Å². The van der Waals surface area contributed by atoms with E-state index in [1.54, 1.807) is 0 Å². The summed E-state index contributed by atoms with van der Waals surface area (Å²) in [6.45, 7) is 8.80. The Morgan fingerprint density at radius 2 is 0.677 bits per heavy atom. The van der Waals surface area contributed by atoms with Crippen molar-refractivity contribution in [3.8, 4) is 0 Å². The van der Waals surface area contributed by atoms with E-state index in [9.17, 15) is 0 Å². The molecule has 0 aliphatic carbocycles. The van der Waals surface area contributed by atoms with E-state index in [1.165, 1.54) is 148 Å². The Labute approximate surface area is 198 Å². The molecule has 0 rings (SSSR count). The third kappa shape index (κ3) is 29.9. The Balaban J connectivity index is 2.98. The standard InChI is InChI=1S/C29H61NO/c1-3-5-7-9-11-13-15-16-17-19-21-23-26-30-27-25-29-31-28-24-22-20-18-14-12-10-8-6-4-2/h30H,3-29H2,1-2H3. The van der Waals surface area contributed by atoms with E-state index in [2.05, 4.69) is 19.2 Å². The van der Waals surface area contributed by atoms with Crippen LogP contribution in [0.5, 0.6) is 0 Å². The molecule has 0 unspecified atom stereocenters. The van der Waals surface area contributed by atoms with Gasteiger partial charge >= 0.3 is 0 Å². The van der Waals surface area contributed by atoms with E-state index in [4.69, 9.17) is 4.74 Å². The first-order valence-electron chi connectivity index (χ1n) is 14.7. The van der Waals surface area contributed by atoms with Crippen molar-refractivity contribution in [2.24, 2.45) is 0 Å². The van der Waals surface area contributed by atoms with Gasteiger partial charge in [0.2, 0.25) is 0 Å². The predicted molar refractivity (Wildman–Crippen MR) is 141 cm³/mol. The lowest BCUT2D eigenvalue weighted by Gasteiger charge is -2.07. The van der Waals surface area contributed by atoms with Gasteiger partial charge in [0.1, 0.15) is 0 Å². The Morgan fingerprint density at radius 3 is 1.13 bits per heavy atom. The summed E-state index contributed by atoms with van der Waals surface area (Å²) < 4.78 is 5.78. The molecule has 0 atom stereocenters. The first-order chi connectivity index (χ1) is 15.4. The van der Waals surface area contributed by atoms with Gasteiger partial charge in [-0.25, -0.2) is 0 Å². The molecule has 0 saturated carbocycles. The molecule has 188 valence electrons. The second-order valence-corrected chi connectivity index (χ2v) is 9.79. The van der Waals surface area contributed by atoms with E-state index in [0.717, 1.165) is 26.2 Å². The maximum atomic E-state index is 5.78. The first kappa shape index (κ1) is 30.9. The number of hydrogen-bond donors (Lipinski definition) is 1. The van der Waals surface area contributed by atoms with Crippen molar-refractivity contribution < 1.29 is 4.74 Å². The average Bonchev–Trinajstić information content (AvgIpc) is 2.78. The van der Waals surface area contributed by atoms with E-state index in [1.807, 2.05) is 0 Å². The van der Waals surface area contributed by atoms with E-state index < -0.39 is 0 Å². The lowest BCUT2D eigenvalue weighted by Crippen LogP contribution is -2.18. The van der Waals surface area contributed by atoms with E-state index >= 15 is 0 Å². The molecule has 0 aromatic rings. The molecule has 0 radical (unpaired) electrons. The van der Waals surface area contributed by atoms with Crippen LogP contribution < -0.4 is 5.32 Å². The monoisotopic (exact) mass is 439 g/mol. The van der Waals surface area contributed by atoms with Crippen LogP contribution >= 0.6 is 0 Å². The molecule has 0 aromatic carbocycles.